The van der Waals surface area contributed by atoms with Gasteiger partial charge in [0, 0.05) is 36.4 Å². The molecule has 2 saturated carbocycles. The van der Waals surface area contributed by atoms with Crippen molar-refractivity contribution >= 4 is 11.6 Å². The molecule has 0 aliphatic heterocycles. The molecule has 22 heavy (non-hydrogen) atoms. The van der Waals surface area contributed by atoms with Gasteiger partial charge in [-0.05, 0) is 49.3 Å². The van der Waals surface area contributed by atoms with Gasteiger partial charge in [-0.25, -0.2) is 4.98 Å². The number of halogens is 1. The number of aromatic nitrogens is 2. The van der Waals surface area contributed by atoms with Gasteiger partial charge in [-0.3, -0.25) is 0 Å². The van der Waals surface area contributed by atoms with Gasteiger partial charge in [-0.2, -0.15) is 0 Å². The summed E-state index contributed by atoms with van der Waals surface area (Å²) in [6.07, 6.45) is 9.06. The summed E-state index contributed by atoms with van der Waals surface area (Å²) in [6.45, 7) is 1.02. The molecule has 1 atom stereocenters. The van der Waals surface area contributed by atoms with Crippen LogP contribution in [0, 0.1) is 5.92 Å². The highest BCUT2D eigenvalue weighted by atomic mass is 35.5. The van der Waals surface area contributed by atoms with E-state index in [4.69, 9.17) is 11.6 Å². The van der Waals surface area contributed by atoms with Crippen LogP contribution in [0.1, 0.15) is 43.1 Å². The normalized spacial score (nSPS) is 20.8. The molecular formula is C18H22ClN3. The molecule has 0 amide bonds. The zero-order chi connectivity index (χ0) is 15.2. The first kappa shape index (κ1) is 14.3. The molecule has 1 N–H and O–H groups in total. The third kappa shape index (κ3) is 2.68. The molecule has 4 rings (SSSR count). The number of hydrogen-bond donors (Lipinski definition) is 1. The van der Waals surface area contributed by atoms with Gasteiger partial charge in [0.25, 0.3) is 0 Å². The largest absolute Gasteiger partial charge is 0.337 e. The molecule has 2 aliphatic rings. The smallest absolute Gasteiger partial charge is 0.125 e. The van der Waals surface area contributed by atoms with E-state index in [0.717, 1.165) is 17.5 Å². The molecule has 0 unspecified atom stereocenters. The molecule has 0 spiro atoms. The first-order valence-electron chi connectivity index (χ1n) is 8.15. The summed E-state index contributed by atoms with van der Waals surface area (Å²) in [5, 5.41) is 4.66. The zero-order valence-corrected chi connectivity index (χ0v) is 13.7. The summed E-state index contributed by atoms with van der Waals surface area (Å²) in [4.78, 5) is 4.56. The van der Waals surface area contributed by atoms with Gasteiger partial charge in [0.15, 0.2) is 0 Å². The van der Waals surface area contributed by atoms with E-state index in [9.17, 15) is 0 Å². The Labute approximate surface area is 136 Å². The van der Waals surface area contributed by atoms with E-state index in [0.29, 0.717) is 6.04 Å². The highest BCUT2D eigenvalue weighted by molar-refractivity contribution is 6.30. The predicted molar refractivity (Wildman–Crippen MR) is 89.0 cm³/mol. The number of hydrogen-bond acceptors (Lipinski definition) is 2. The third-order valence-electron chi connectivity index (χ3n) is 5.18. The summed E-state index contributed by atoms with van der Waals surface area (Å²) in [6, 6.07) is 8.75. The fourth-order valence-corrected chi connectivity index (χ4v) is 3.61. The Bertz CT molecular complexity index is 670. The lowest BCUT2D eigenvalue weighted by Gasteiger charge is -2.23. The van der Waals surface area contributed by atoms with Gasteiger partial charge >= 0.3 is 0 Å². The van der Waals surface area contributed by atoms with Crippen LogP contribution >= 0.6 is 11.6 Å². The molecular weight excluding hydrogens is 294 g/mol. The standard InChI is InChI=1S/C18H22ClN3/c1-22-10-9-20-17(22)16(13-5-6-13)21-12-18(7-8-18)14-3-2-4-15(19)11-14/h2-4,9-11,13,16,21H,5-8,12H2,1H3/t16-/m1/s1. The Kier molecular flexibility index (Phi) is 3.50. The number of nitrogens with one attached hydrogen (secondary N) is 1. The second kappa shape index (κ2) is 5.39. The molecule has 1 aromatic carbocycles. The van der Waals surface area contributed by atoms with Crippen LogP contribution in [0.5, 0.6) is 0 Å². The van der Waals surface area contributed by atoms with Crippen LogP contribution in [-0.4, -0.2) is 16.1 Å². The molecule has 1 aromatic heterocycles. The van der Waals surface area contributed by atoms with E-state index in [-0.39, 0.29) is 5.41 Å². The van der Waals surface area contributed by atoms with Gasteiger partial charge in [0.05, 0.1) is 6.04 Å². The molecule has 2 aliphatic carbocycles. The average molecular weight is 316 g/mol. The Balaban J connectivity index is 1.50. The van der Waals surface area contributed by atoms with Crippen molar-refractivity contribution in [2.75, 3.05) is 6.54 Å². The lowest BCUT2D eigenvalue weighted by atomic mass is 9.95. The number of nitrogens with zero attached hydrogens (tertiary/aromatic N) is 2. The van der Waals surface area contributed by atoms with Crippen LogP contribution in [0.4, 0.5) is 0 Å². The highest BCUT2D eigenvalue weighted by Gasteiger charge is 2.45. The SMILES string of the molecule is Cn1ccnc1[C@H](NCC1(c2cccc(Cl)c2)CC1)C1CC1. The summed E-state index contributed by atoms with van der Waals surface area (Å²) in [7, 11) is 2.09. The Morgan fingerprint density at radius 3 is 2.82 bits per heavy atom. The second-order valence-corrected chi connectivity index (χ2v) is 7.32. The minimum atomic E-state index is 0.281. The van der Waals surface area contributed by atoms with Crippen LogP contribution < -0.4 is 5.32 Å². The topological polar surface area (TPSA) is 29.9 Å². The summed E-state index contributed by atoms with van der Waals surface area (Å²) >= 11 is 6.17. The van der Waals surface area contributed by atoms with Crippen LogP contribution in [0.2, 0.25) is 5.02 Å². The fraction of sp³-hybridized carbons (Fsp3) is 0.500. The first-order chi connectivity index (χ1) is 10.7. The molecule has 0 saturated heterocycles. The van der Waals surface area contributed by atoms with E-state index in [1.807, 2.05) is 18.5 Å². The zero-order valence-electron chi connectivity index (χ0n) is 12.9. The quantitative estimate of drug-likeness (QED) is 0.877. The number of benzene rings is 1. The van der Waals surface area contributed by atoms with Crippen molar-refractivity contribution in [3.63, 3.8) is 0 Å². The molecule has 1 heterocycles. The molecule has 2 aromatic rings. The molecule has 0 bridgehead atoms. The van der Waals surface area contributed by atoms with Crippen LogP contribution in [0.25, 0.3) is 0 Å². The molecule has 2 fully saturated rings. The minimum absolute atomic E-state index is 0.281. The van der Waals surface area contributed by atoms with Crippen molar-refractivity contribution in [2.45, 2.75) is 37.1 Å². The second-order valence-electron chi connectivity index (χ2n) is 6.88. The predicted octanol–water partition coefficient (Wildman–Crippen LogP) is 3.85. The van der Waals surface area contributed by atoms with Gasteiger partial charge in [0.2, 0.25) is 0 Å². The maximum Gasteiger partial charge on any atom is 0.125 e. The maximum atomic E-state index is 6.17. The third-order valence-corrected chi connectivity index (χ3v) is 5.42. The van der Waals surface area contributed by atoms with Crippen molar-refractivity contribution in [3.05, 3.63) is 53.1 Å². The lowest BCUT2D eigenvalue weighted by Crippen LogP contribution is -2.33. The Hall–Kier alpha value is -1.32. The van der Waals surface area contributed by atoms with Gasteiger partial charge in [-0.15, -0.1) is 0 Å². The van der Waals surface area contributed by atoms with E-state index in [2.05, 4.69) is 40.1 Å². The van der Waals surface area contributed by atoms with E-state index in [1.165, 1.54) is 37.1 Å². The molecule has 116 valence electrons. The van der Waals surface area contributed by atoms with Crippen molar-refractivity contribution in [3.8, 4) is 0 Å². The van der Waals surface area contributed by atoms with E-state index >= 15 is 0 Å². The lowest BCUT2D eigenvalue weighted by molar-refractivity contribution is 0.421. The molecule has 0 radical (unpaired) electrons. The van der Waals surface area contributed by atoms with Crippen LogP contribution in [0.3, 0.4) is 0 Å². The average Bonchev–Trinajstić information content (AvgIpc) is 3.41. The van der Waals surface area contributed by atoms with Gasteiger partial charge < -0.3 is 9.88 Å². The fourth-order valence-electron chi connectivity index (χ4n) is 3.42. The number of aryl methyl sites for hydroxylation is 1. The van der Waals surface area contributed by atoms with Gasteiger partial charge in [0.1, 0.15) is 5.82 Å². The summed E-state index contributed by atoms with van der Waals surface area (Å²) in [5.74, 6) is 1.92. The van der Waals surface area contributed by atoms with E-state index in [1.54, 1.807) is 0 Å². The van der Waals surface area contributed by atoms with E-state index < -0.39 is 0 Å². The van der Waals surface area contributed by atoms with Crippen molar-refractivity contribution in [1.29, 1.82) is 0 Å². The summed E-state index contributed by atoms with van der Waals surface area (Å²) < 4.78 is 2.15. The Morgan fingerprint density at radius 1 is 1.41 bits per heavy atom. The monoisotopic (exact) mass is 315 g/mol. The Morgan fingerprint density at radius 2 is 2.23 bits per heavy atom. The van der Waals surface area contributed by atoms with Crippen molar-refractivity contribution in [1.82, 2.24) is 14.9 Å². The molecule has 3 nitrogen and oxygen atoms in total. The summed E-state index contributed by atoms with van der Waals surface area (Å²) in [5.41, 5.74) is 1.66. The van der Waals surface area contributed by atoms with Crippen LogP contribution in [-0.2, 0) is 12.5 Å². The van der Waals surface area contributed by atoms with Gasteiger partial charge in [-0.1, -0.05) is 23.7 Å². The van der Waals surface area contributed by atoms with Crippen LogP contribution in [0.15, 0.2) is 36.7 Å². The number of imidazole rings is 1. The van der Waals surface area contributed by atoms with Crippen molar-refractivity contribution in [2.24, 2.45) is 13.0 Å². The minimum Gasteiger partial charge on any atom is -0.337 e. The number of rotatable bonds is 6. The highest BCUT2D eigenvalue weighted by Crippen LogP contribution is 2.49. The first-order valence-corrected chi connectivity index (χ1v) is 8.52. The maximum absolute atomic E-state index is 6.17. The molecule has 4 heteroatoms. The van der Waals surface area contributed by atoms with Crippen molar-refractivity contribution < 1.29 is 0 Å².